The van der Waals surface area contributed by atoms with Crippen LogP contribution < -0.4 is 16.8 Å². The van der Waals surface area contributed by atoms with Crippen LogP contribution in [-0.2, 0) is 0 Å². The number of anilines is 1. The summed E-state index contributed by atoms with van der Waals surface area (Å²) in [4.78, 5) is 11.4. The molecule has 0 aliphatic rings. The Morgan fingerprint density at radius 3 is 2.81 bits per heavy atom. The molecule has 1 heterocycles. The minimum absolute atomic E-state index is 0.301. The van der Waals surface area contributed by atoms with Gasteiger partial charge in [-0.25, -0.2) is 15.0 Å². The summed E-state index contributed by atoms with van der Waals surface area (Å²) in [6, 6.07) is 1.50. The minimum atomic E-state index is -4.39. The molecule has 0 aliphatic carbocycles. The van der Waals surface area contributed by atoms with Gasteiger partial charge in [0.2, 0.25) is 0 Å². The summed E-state index contributed by atoms with van der Waals surface area (Å²) in [5, 5.41) is 3.01. The molecule has 6 nitrogen and oxygen atoms in total. The highest BCUT2D eigenvalue weighted by atomic mass is 32.2. The number of nitrogens with two attached hydrogens (primary N) is 2. The maximum atomic E-state index is 12.0. The molecule has 0 unspecified atom stereocenters. The van der Waals surface area contributed by atoms with Gasteiger partial charge >= 0.3 is 6.18 Å². The van der Waals surface area contributed by atoms with Crippen molar-refractivity contribution in [3.63, 3.8) is 0 Å². The predicted molar refractivity (Wildman–Crippen MR) is 77.2 cm³/mol. The van der Waals surface area contributed by atoms with Crippen LogP contribution in [0.5, 0.6) is 0 Å². The van der Waals surface area contributed by atoms with Crippen molar-refractivity contribution in [1.82, 2.24) is 9.97 Å². The first-order valence-electron chi connectivity index (χ1n) is 6.20. The number of rotatable bonds is 7. The van der Waals surface area contributed by atoms with Gasteiger partial charge in [0.25, 0.3) is 0 Å². The van der Waals surface area contributed by atoms with E-state index in [9.17, 15) is 13.2 Å². The number of hydrogen-bond acceptors (Lipinski definition) is 5. The van der Waals surface area contributed by atoms with Crippen molar-refractivity contribution < 1.29 is 13.2 Å². The molecule has 0 fully saturated rings. The molecule has 0 saturated carbocycles. The van der Waals surface area contributed by atoms with Gasteiger partial charge in [0.1, 0.15) is 12.4 Å². The Morgan fingerprint density at radius 2 is 2.14 bits per heavy atom. The zero-order valence-corrected chi connectivity index (χ0v) is 12.0. The number of nitrogens with one attached hydrogen (secondary N) is 1. The summed E-state index contributed by atoms with van der Waals surface area (Å²) in [5.74, 6) is 0.776. The first kappa shape index (κ1) is 17.5. The zero-order chi connectivity index (χ0) is 15.7. The topological polar surface area (TPSA) is 102 Å². The highest BCUT2D eigenvalue weighted by Crippen LogP contribution is 2.16. The van der Waals surface area contributed by atoms with Crippen molar-refractivity contribution in [2.24, 2.45) is 16.5 Å². The molecule has 0 aliphatic heterocycles. The minimum Gasteiger partial charge on any atom is -0.370 e. The van der Waals surface area contributed by atoms with Gasteiger partial charge in [0.05, 0.1) is 0 Å². The lowest BCUT2D eigenvalue weighted by molar-refractivity contribution is -0.118. The van der Waals surface area contributed by atoms with Gasteiger partial charge in [-0.3, -0.25) is 0 Å². The highest BCUT2D eigenvalue weighted by molar-refractivity contribution is 7.99. The Hall–Kier alpha value is -1.55. The standard InChI is InChI=1S/C11H17F3N6S/c12-11(13,14)7-18-9(16)19-8-3-5-17-10(20-8)21-6-2-1-4-15/h3,5H,1-2,4,6-7,15H2,(H3,16,17,18,19,20). The van der Waals surface area contributed by atoms with Gasteiger partial charge in [-0.1, -0.05) is 11.8 Å². The molecule has 1 rings (SSSR count). The zero-order valence-electron chi connectivity index (χ0n) is 11.2. The van der Waals surface area contributed by atoms with Crippen LogP contribution in [0.3, 0.4) is 0 Å². The van der Waals surface area contributed by atoms with Crippen LogP contribution in [-0.4, -0.2) is 40.9 Å². The number of alkyl halides is 3. The largest absolute Gasteiger partial charge is 0.408 e. The smallest absolute Gasteiger partial charge is 0.370 e. The van der Waals surface area contributed by atoms with E-state index < -0.39 is 12.7 Å². The summed E-state index contributed by atoms with van der Waals surface area (Å²) >= 11 is 1.44. The number of thioether (sulfide) groups is 1. The molecule has 118 valence electrons. The number of aromatic nitrogens is 2. The predicted octanol–water partition coefficient (Wildman–Crippen LogP) is 1.60. The fraction of sp³-hybridized carbons (Fsp3) is 0.545. The van der Waals surface area contributed by atoms with Gasteiger partial charge in [0, 0.05) is 11.9 Å². The molecule has 0 atom stereocenters. The SMILES string of the molecule is NCCCCSc1nccc(NC(N)=NCC(F)(F)F)n1. The van der Waals surface area contributed by atoms with Crippen LogP contribution in [0.2, 0.25) is 0 Å². The van der Waals surface area contributed by atoms with Crippen molar-refractivity contribution in [2.45, 2.75) is 24.2 Å². The van der Waals surface area contributed by atoms with E-state index in [1.165, 1.54) is 24.0 Å². The molecule has 1 aromatic heterocycles. The van der Waals surface area contributed by atoms with Gasteiger partial charge in [-0.05, 0) is 25.5 Å². The number of hydrogen-bond donors (Lipinski definition) is 3. The van der Waals surface area contributed by atoms with Gasteiger partial charge < -0.3 is 16.8 Å². The van der Waals surface area contributed by atoms with Crippen LogP contribution in [0.1, 0.15) is 12.8 Å². The van der Waals surface area contributed by atoms with E-state index in [4.69, 9.17) is 11.5 Å². The van der Waals surface area contributed by atoms with Crippen molar-refractivity contribution in [3.8, 4) is 0 Å². The van der Waals surface area contributed by atoms with Crippen LogP contribution in [0, 0.1) is 0 Å². The van der Waals surface area contributed by atoms with E-state index in [1.54, 1.807) is 0 Å². The molecule has 10 heteroatoms. The maximum Gasteiger partial charge on any atom is 0.408 e. The molecule has 21 heavy (non-hydrogen) atoms. The van der Waals surface area contributed by atoms with Crippen molar-refractivity contribution >= 4 is 23.5 Å². The number of guanidine groups is 1. The van der Waals surface area contributed by atoms with E-state index >= 15 is 0 Å². The van der Waals surface area contributed by atoms with Crippen LogP contribution in [0.25, 0.3) is 0 Å². The lowest BCUT2D eigenvalue weighted by atomic mass is 10.3. The molecule has 5 N–H and O–H groups in total. The van der Waals surface area contributed by atoms with Crippen LogP contribution >= 0.6 is 11.8 Å². The third-order valence-corrected chi connectivity index (χ3v) is 3.10. The van der Waals surface area contributed by atoms with Crippen molar-refractivity contribution in [1.29, 1.82) is 0 Å². The molecule has 1 aromatic rings. The van der Waals surface area contributed by atoms with Crippen molar-refractivity contribution in [2.75, 3.05) is 24.2 Å². The summed E-state index contributed by atoms with van der Waals surface area (Å²) < 4.78 is 36.0. The lowest BCUT2D eigenvalue weighted by Gasteiger charge is -2.07. The van der Waals surface area contributed by atoms with Gasteiger partial charge in [0.15, 0.2) is 11.1 Å². The van der Waals surface area contributed by atoms with E-state index in [-0.39, 0.29) is 5.96 Å². The van der Waals surface area contributed by atoms with E-state index in [0.717, 1.165) is 18.6 Å². The number of nitrogens with zero attached hydrogens (tertiary/aromatic N) is 3. The van der Waals surface area contributed by atoms with Crippen molar-refractivity contribution in [3.05, 3.63) is 12.3 Å². The summed E-state index contributed by atoms with van der Waals surface area (Å²) in [6.07, 6.45) is -1.03. The van der Waals surface area contributed by atoms with Gasteiger partial charge in [-0.2, -0.15) is 13.2 Å². The average Bonchev–Trinajstić information content (AvgIpc) is 2.41. The highest BCUT2D eigenvalue weighted by Gasteiger charge is 2.26. The number of unbranched alkanes of at least 4 members (excludes halogenated alkanes) is 1. The normalized spacial score (nSPS) is 12.5. The Labute approximate surface area is 124 Å². The Morgan fingerprint density at radius 1 is 1.38 bits per heavy atom. The Bertz CT molecular complexity index is 466. The number of aliphatic imine (C=N–C) groups is 1. The van der Waals surface area contributed by atoms with E-state index in [1.807, 2.05) is 0 Å². The maximum absolute atomic E-state index is 12.0. The second-order valence-corrected chi connectivity index (χ2v) is 5.07. The molecule has 0 amide bonds. The van der Waals surface area contributed by atoms with E-state index in [2.05, 4.69) is 20.3 Å². The monoisotopic (exact) mass is 322 g/mol. The van der Waals surface area contributed by atoms with Crippen LogP contribution in [0.15, 0.2) is 22.4 Å². The Kier molecular flexibility index (Phi) is 7.23. The quantitative estimate of drug-likeness (QED) is 0.232. The molecule has 0 saturated heterocycles. The molecule has 0 spiro atoms. The second kappa shape index (κ2) is 8.67. The summed E-state index contributed by atoms with van der Waals surface area (Å²) in [6.45, 7) is -0.702. The second-order valence-electron chi connectivity index (χ2n) is 4.01. The molecule has 0 bridgehead atoms. The fourth-order valence-electron chi connectivity index (χ4n) is 1.24. The fourth-order valence-corrected chi connectivity index (χ4v) is 2.06. The summed E-state index contributed by atoms with van der Waals surface area (Å²) in [7, 11) is 0. The Balaban J connectivity index is 2.52. The van der Waals surface area contributed by atoms with E-state index in [0.29, 0.717) is 17.5 Å². The first-order chi connectivity index (χ1) is 9.90. The third-order valence-electron chi connectivity index (χ3n) is 2.15. The molecule has 0 radical (unpaired) electrons. The molecular weight excluding hydrogens is 305 g/mol. The number of halogens is 3. The average molecular weight is 322 g/mol. The third kappa shape index (κ3) is 8.35. The molecule has 0 aromatic carbocycles. The lowest BCUT2D eigenvalue weighted by Crippen LogP contribution is -2.26. The van der Waals surface area contributed by atoms with Crippen LogP contribution in [0.4, 0.5) is 19.0 Å². The summed E-state index contributed by atoms with van der Waals surface area (Å²) in [5.41, 5.74) is 10.7. The molecular formula is C11H17F3N6S. The first-order valence-corrected chi connectivity index (χ1v) is 7.19. The van der Waals surface area contributed by atoms with Gasteiger partial charge in [-0.15, -0.1) is 0 Å².